The van der Waals surface area contributed by atoms with Gasteiger partial charge in [0.25, 0.3) is 10.8 Å². The van der Waals surface area contributed by atoms with Crippen LogP contribution in [0.15, 0.2) is 4.79 Å². The van der Waals surface area contributed by atoms with Gasteiger partial charge in [0, 0.05) is 41.7 Å². The Labute approximate surface area is 217 Å². The minimum atomic E-state index is -0.155. The smallest absolute Gasteiger partial charge is 0.293 e. The summed E-state index contributed by atoms with van der Waals surface area (Å²) < 4.78 is 12.3. The molecule has 5 N–H and O–H groups in total. The summed E-state index contributed by atoms with van der Waals surface area (Å²) in [6, 6.07) is 0. The van der Waals surface area contributed by atoms with E-state index in [1.165, 1.54) is 0 Å². The highest BCUT2D eigenvalue weighted by molar-refractivity contribution is 5.59. The molecule has 36 heavy (non-hydrogen) atoms. The second-order valence-electron chi connectivity index (χ2n) is 13.6. The van der Waals surface area contributed by atoms with Crippen molar-refractivity contribution in [3.05, 3.63) is 15.6 Å². The van der Waals surface area contributed by atoms with Gasteiger partial charge in [-0.15, -0.1) is 0 Å². The van der Waals surface area contributed by atoms with Gasteiger partial charge in [-0.1, -0.05) is 0 Å². The van der Waals surface area contributed by atoms with Gasteiger partial charge < -0.3 is 30.5 Å². The summed E-state index contributed by atoms with van der Waals surface area (Å²) in [6.45, 7) is 20.2. The van der Waals surface area contributed by atoms with Crippen LogP contribution in [0.5, 0.6) is 5.75 Å². The highest BCUT2D eigenvalue weighted by atomic mass is 16.5. The number of aromatic hydroxyl groups is 1. The lowest BCUT2D eigenvalue weighted by Gasteiger charge is -2.46. The molecule has 0 aliphatic carbocycles. The zero-order valence-corrected chi connectivity index (χ0v) is 23.9. The molecule has 0 saturated carbocycles. The molecule has 0 spiro atoms. The number of anilines is 1. The molecular formula is C28H51N4O4+. The average molecular weight is 508 g/mol. The SMILES string of the molecule is CC1(C)CC(OCCCNc2c(O)c(=[NH+]CCCOC3CC(C)(C)NC(C)(C)C3)c2=O)CC(C)(C)N1. The lowest BCUT2D eigenvalue weighted by Crippen LogP contribution is -2.81. The van der Waals surface area contributed by atoms with E-state index in [2.05, 4.69) is 76.3 Å². The maximum absolute atomic E-state index is 12.4. The number of hydrogen-bond acceptors (Lipinski definition) is 7. The van der Waals surface area contributed by atoms with Crippen LogP contribution >= 0.6 is 0 Å². The fourth-order valence-electron chi connectivity index (χ4n) is 6.49. The third kappa shape index (κ3) is 8.27. The van der Waals surface area contributed by atoms with Crippen molar-refractivity contribution in [3.8, 4) is 5.75 Å². The number of piperidine rings is 2. The second-order valence-corrected chi connectivity index (χ2v) is 13.6. The Morgan fingerprint density at radius 3 is 1.72 bits per heavy atom. The van der Waals surface area contributed by atoms with Crippen LogP contribution in [0.4, 0.5) is 5.69 Å². The van der Waals surface area contributed by atoms with Crippen molar-refractivity contribution in [1.29, 1.82) is 0 Å². The molecule has 8 nitrogen and oxygen atoms in total. The third-order valence-corrected chi connectivity index (χ3v) is 7.19. The quantitative estimate of drug-likeness (QED) is 0.289. The molecule has 0 radical (unpaired) electrons. The molecule has 2 saturated heterocycles. The van der Waals surface area contributed by atoms with Crippen molar-refractivity contribution in [2.75, 3.05) is 31.6 Å². The fourth-order valence-corrected chi connectivity index (χ4v) is 6.49. The van der Waals surface area contributed by atoms with Crippen LogP contribution < -0.4 is 31.7 Å². The second kappa shape index (κ2) is 11.1. The van der Waals surface area contributed by atoms with Crippen molar-refractivity contribution >= 4 is 5.69 Å². The first-order chi connectivity index (χ1) is 16.6. The summed E-state index contributed by atoms with van der Waals surface area (Å²) in [5.74, 6) is 0.0329. The number of nitrogens with one attached hydrogen (secondary N) is 4. The monoisotopic (exact) mass is 507 g/mol. The Balaban J connectivity index is 1.34. The van der Waals surface area contributed by atoms with Gasteiger partial charge in [-0.3, -0.25) is 4.79 Å². The number of ether oxygens (including phenoxy) is 2. The Bertz CT molecular complexity index is 927. The normalized spacial score (nSPS) is 24.3. The van der Waals surface area contributed by atoms with Gasteiger partial charge in [0.1, 0.15) is 12.2 Å². The molecule has 2 aliphatic heterocycles. The minimum Gasteiger partial charge on any atom is -0.501 e. The molecule has 0 atom stereocenters. The summed E-state index contributed by atoms with van der Waals surface area (Å²) in [5.41, 5.74) is 0.395. The van der Waals surface area contributed by atoms with Crippen LogP contribution in [0.2, 0.25) is 0 Å². The minimum absolute atomic E-state index is 0.0329. The Morgan fingerprint density at radius 2 is 1.28 bits per heavy atom. The van der Waals surface area contributed by atoms with Gasteiger partial charge in [0.2, 0.25) is 5.75 Å². The van der Waals surface area contributed by atoms with E-state index in [0.29, 0.717) is 37.3 Å². The molecule has 0 amide bonds. The average Bonchev–Trinajstić information content (AvgIpc) is 2.68. The Kier molecular flexibility index (Phi) is 8.96. The predicted molar refractivity (Wildman–Crippen MR) is 144 cm³/mol. The molecule has 1 aromatic rings. The maximum atomic E-state index is 12.4. The van der Waals surface area contributed by atoms with Crippen LogP contribution in [0.25, 0.3) is 0 Å². The van der Waals surface area contributed by atoms with E-state index in [1.54, 1.807) is 0 Å². The fraction of sp³-hybridized carbons (Fsp3) is 0.857. The zero-order chi connectivity index (χ0) is 26.8. The van der Waals surface area contributed by atoms with Crippen LogP contribution in [0, 0.1) is 0 Å². The van der Waals surface area contributed by atoms with Gasteiger partial charge >= 0.3 is 0 Å². The van der Waals surface area contributed by atoms with Gasteiger partial charge in [0.15, 0.2) is 0 Å². The molecule has 8 heteroatoms. The summed E-state index contributed by atoms with van der Waals surface area (Å²) in [4.78, 5) is 15.5. The standard InChI is InChI=1S/C28H50N4O4/c1-25(2)15-19(16-26(3,4)31-25)35-13-9-11-29-21-23(33)22(24(21)34)30-12-10-14-36-20-17-27(5,6)32-28(7,8)18-20/h19-20,29,31-33H,9-18H2,1-8H3/p+1. The third-order valence-electron chi connectivity index (χ3n) is 7.19. The molecule has 0 unspecified atom stereocenters. The summed E-state index contributed by atoms with van der Waals surface area (Å²) >= 11 is 0. The van der Waals surface area contributed by atoms with E-state index in [0.717, 1.165) is 38.5 Å². The van der Waals surface area contributed by atoms with Gasteiger partial charge in [0.05, 0.1) is 18.8 Å². The summed E-state index contributed by atoms with van der Waals surface area (Å²) in [6.07, 6.45) is 5.95. The van der Waals surface area contributed by atoms with E-state index in [4.69, 9.17) is 9.47 Å². The van der Waals surface area contributed by atoms with E-state index in [1.807, 2.05) is 0 Å². The lowest BCUT2D eigenvalue weighted by atomic mass is 9.81. The molecule has 1 aromatic carbocycles. The highest BCUT2D eigenvalue weighted by Crippen LogP contribution is 2.31. The Hall–Kier alpha value is -1.48. The number of rotatable bonds is 11. The maximum Gasteiger partial charge on any atom is 0.293 e. The van der Waals surface area contributed by atoms with Crippen LogP contribution in [0.1, 0.15) is 93.9 Å². The van der Waals surface area contributed by atoms with E-state index in [9.17, 15) is 9.90 Å². The molecular weight excluding hydrogens is 456 g/mol. The van der Waals surface area contributed by atoms with Crippen LogP contribution in [-0.4, -0.2) is 65.8 Å². The van der Waals surface area contributed by atoms with Gasteiger partial charge in [-0.05, 0) is 87.5 Å². The van der Waals surface area contributed by atoms with Crippen molar-refractivity contribution in [3.63, 3.8) is 0 Å². The van der Waals surface area contributed by atoms with E-state index < -0.39 is 0 Å². The van der Waals surface area contributed by atoms with Crippen LogP contribution in [0.3, 0.4) is 0 Å². The Morgan fingerprint density at radius 1 is 0.833 bits per heavy atom. The molecule has 2 fully saturated rings. The molecule has 2 aliphatic rings. The molecule has 206 valence electrons. The molecule has 2 heterocycles. The zero-order valence-electron chi connectivity index (χ0n) is 23.9. The van der Waals surface area contributed by atoms with E-state index >= 15 is 0 Å². The molecule has 0 aromatic heterocycles. The van der Waals surface area contributed by atoms with Gasteiger partial charge in [-0.25, -0.2) is 4.99 Å². The summed E-state index contributed by atoms with van der Waals surface area (Å²) in [7, 11) is 0. The summed E-state index contributed by atoms with van der Waals surface area (Å²) in [5, 5.41) is 21.0. The first-order valence-corrected chi connectivity index (χ1v) is 13.7. The first kappa shape index (κ1) is 29.1. The highest BCUT2D eigenvalue weighted by Gasteiger charge is 2.39. The molecule has 3 rings (SSSR count). The largest absolute Gasteiger partial charge is 0.501 e. The lowest BCUT2D eigenvalue weighted by molar-refractivity contribution is -0.503. The van der Waals surface area contributed by atoms with Crippen LogP contribution in [-0.2, 0) is 9.47 Å². The van der Waals surface area contributed by atoms with Crippen molar-refractivity contribution < 1.29 is 19.6 Å². The van der Waals surface area contributed by atoms with E-state index in [-0.39, 0.29) is 45.5 Å². The first-order valence-electron chi connectivity index (χ1n) is 13.7. The van der Waals surface area contributed by atoms with Crippen molar-refractivity contribution in [2.24, 2.45) is 0 Å². The predicted octanol–water partition coefficient (Wildman–Crippen LogP) is 1.45. The van der Waals surface area contributed by atoms with Gasteiger partial charge in [-0.2, -0.15) is 0 Å². The molecule has 0 bridgehead atoms. The topological polar surface area (TPSA) is 106 Å². The van der Waals surface area contributed by atoms with Crippen molar-refractivity contribution in [2.45, 2.75) is 128 Å². The van der Waals surface area contributed by atoms with Crippen molar-refractivity contribution in [1.82, 2.24) is 10.6 Å². The number of hydrogen-bond donors (Lipinski definition) is 5.